The van der Waals surface area contributed by atoms with E-state index in [9.17, 15) is 4.79 Å². The van der Waals surface area contributed by atoms with E-state index in [-0.39, 0.29) is 11.8 Å². The summed E-state index contributed by atoms with van der Waals surface area (Å²) in [6.07, 6.45) is 6.85. The van der Waals surface area contributed by atoms with Crippen molar-refractivity contribution in [1.82, 2.24) is 25.3 Å². The van der Waals surface area contributed by atoms with E-state index in [2.05, 4.69) is 32.2 Å². The van der Waals surface area contributed by atoms with Gasteiger partial charge in [0.25, 0.3) is 0 Å². The number of ether oxygens (including phenoxy) is 2. The van der Waals surface area contributed by atoms with Crippen LogP contribution in [0.2, 0.25) is 0 Å². The number of carbonyl (C=O) groups excluding carboxylic acids is 1. The summed E-state index contributed by atoms with van der Waals surface area (Å²) in [5.41, 5.74) is 0.799. The highest BCUT2D eigenvalue weighted by atomic mass is 16.5. The van der Waals surface area contributed by atoms with E-state index in [1.54, 1.807) is 14.2 Å². The Kier molecular flexibility index (Phi) is 8.98. The van der Waals surface area contributed by atoms with Gasteiger partial charge in [-0.3, -0.25) is 9.69 Å². The van der Waals surface area contributed by atoms with Crippen molar-refractivity contribution in [3.05, 3.63) is 24.1 Å². The largest absolute Gasteiger partial charge is 0.493 e. The average molecular weight is 486 g/mol. The second-order valence-corrected chi connectivity index (χ2v) is 9.68. The van der Waals surface area contributed by atoms with Crippen LogP contribution >= 0.6 is 0 Å². The van der Waals surface area contributed by atoms with E-state index in [0.717, 1.165) is 44.5 Å². The fourth-order valence-electron chi connectivity index (χ4n) is 5.14. The molecule has 2 atom stereocenters. The van der Waals surface area contributed by atoms with Crippen molar-refractivity contribution in [3.8, 4) is 22.9 Å². The molecule has 0 radical (unpaired) electrons. The van der Waals surface area contributed by atoms with Crippen LogP contribution in [0, 0.1) is 5.92 Å². The molecule has 9 heteroatoms. The Balaban J connectivity index is 1.24. The number of piperidine rings is 2. The van der Waals surface area contributed by atoms with Gasteiger partial charge in [0, 0.05) is 31.2 Å². The van der Waals surface area contributed by atoms with Crippen LogP contribution in [0.25, 0.3) is 11.4 Å². The van der Waals surface area contributed by atoms with Gasteiger partial charge in [-0.25, -0.2) is 0 Å². The van der Waals surface area contributed by atoms with Gasteiger partial charge in [0.2, 0.25) is 17.6 Å². The van der Waals surface area contributed by atoms with Crippen molar-refractivity contribution >= 4 is 5.91 Å². The molecule has 4 rings (SSSR count). The highest BCUT2D eigenvalue weighted by molar-refractivity contribution is 5.78. The monoisotopic (exact) mass is 485 g/mol. The third-order valence-electron chi connectivity index (χ3n) is 7.21. The summed E-state index contributed by atoms with van der Waals surface area (Å²) >= 11 is 0. The third kappa shape index (κ3) is 6.73. The lowest BCUT2D eigenvalue weighted by molar-refractivity contribution is -0.126. The van der Waals surface area contributed by atoms with Gasteiger partial charge >= 0.3 is 0 Å². The van der Waals surface area contributed by atoms with Crippen LogP contribution in [0.1, 0.15) is 51.3 Å². The first kappa shape index (κ1) is 25.4. The summed E-state index contributed by atoms with van der Waals surface area (Å²) in [6, 6.07) is 6.21. The first-order valence-electron chi connectivity index (χ1n) is 12.9. The molecule has 9 nitrogen and oxygen atoms in total. The van der Waals surface area contributed by atoms with Crippen LogP contribution in [0.3, 0.4) is 0 Å². The lowest BCUT2D eigenvalue weighted by Gasteiger charge is -2.33. The number of methoxy groups -OCH3 is 2. The molecule has 3 heterocycles. The zero-order chi connectivity index (χ0) is 24.6. The van der Waals surface area contributed by atoms with Gasteiger partial charge in [0.15, 0.2) is 11.5 Å². The van der Waals surface area contributed by atoms with E-state index < -0.39 is 0 Å². The minimum absolute atomic E-state index is 0.00546. The Bertz CT molecular complexity index is 965. The smallest absolute Gasteiger partial charge is 0.241 e. The molecule has 2 aliphatic rings. The number of nitrogens with zero attached hydrogens (tertiary/aromatic N) is 4. The zero-order valence-corrected chi connectivity index (χ0v) is 21.3. The normalized spacial score (nSPS) is 21.6. The fraction of sp³-hybridized carbons (Fsp3) is 0.654. The molecule has 0 unspecified atom stereocenters. The maximum absolute atomic E-state index is 12.8. The zero-order valence-electron chi connectivity index (χ0n) is 21.3. The van der Waals surface area contributed by atoms with Crippen LogP contribution < -0.4 is 14.8 Å². The number of nitrogens with one attached hydrogen (secondary N) is 1. The Morgan fingerprint density at radius 1 is 1.14 bits per heavy atom. The number of hydrogen-bond donors (Lipinski definition) is 1. The number of hydrogen-bond acceptors (Lipinski definition) is 8. The predicted molar refractivity (Wildman–Crippen MR) is 133 cm³/mol. The number of rotatable bonds is 10. The van der Waals surface area contributed by atoms with Crippen LogP contribution in [0.5, 0.6) is 11.5 Å². The summed E-state index contributed by atoms with van der Waals surface area (Å²) in [4.78, 5) is 22.1. The SMILES string of the molecule is COc1ccc(-c2noc(CN3CCC[C@H](C(=O)NCCCN4CCCC[C@@H]4C)C3)n2)cc1OC. The lowest BCUT2D eigenvalue weighted by Crippen LogP contribution is -2.43. The number of likely N-dealkylation sites (tertiary alicyclic amines) is 2. The molecule has 1 aromatic heterocycles. The van der Waals surface area contributed by atoms with Crippen molar-refractivity contribution in [1.29, 1.82) is 0 Å². The van der Waals surface area contributed by atoms with Crippen LogP contribution in [-0.2, 0) is 11.3 Å². The summed E-state index contributed by atoms with van der Waals surface area (Å²) < 4.78 is 16.2. The molecule has 2 saturated heterocycles. The molecule has 0 spiro atoms. The summed E-state index contributed by atoms with van der Waals surface area (Å²) in [5.74, 6) is 2.50. The maximum atomic E-state index is 12.8. The van der Waals surface area contributed by atoms with E-state index in [4.69, 9.17) is 14.0 Å². The van der Waals surface area contributed by atoms with Crippen molar-refractivity contribution in [2.75, 3.05) is 46.9 Å². The van der Waals surface area contributed by atoms with Gasteiger partial charge in [0.05, 0.1) is 26.7 Å². The topological polar surface area (TPSA) is 93.0 Å². The molecule has 192 valence electrons. The Morgan fingerprint density at radius 3 is 2.80 bits per heavy atom. The quantitative estimate of drug-likeness (QED) is 0.512. The average Bonchev–Trinajstić information content (AvgIpc) is 3.35. The molecular formula is C26H39N5O4. The fourth-order valence-corrected chi connectivity index (χ4v) is 5.14. The molecule has 35 heavy (non-hydrogen) atoms. The second kappa shape index (κ2) is 12.4. The predicted octanol–water partition coefficient (Wildman–Crippen LogP) is 3.35. The van der Waals surface area contributed by atoms with E-state index in [1.807, 2.05) is 18.2 Å². The van der Waals surface area contributed by atoms with Gasteiger partial charge in [-0.05, 0) is 70.3 Å². The number of benzene rings is 1. The van der Waals surface area contributed by atoms with E-state index >= 15 is 0 Å². The van der Waals surface area contributed by atoms with Crippen molar-refractivity contribution in [2.24, 2.45) is 5.92 Å². The van der Waals surface area contributed by atoms with Crippen LogP contribution in [0.4, 0.5) is 0 Å². The number of carbonyl (C=O) groups is 1. The van der Waals surface area contributed by atoms with Gasteiger partial charge in [-0.2, -0.15) is 4.98 Å². The molecule has 2 fully saturated rings. The molecule has 1 amide bonds. The summed E-state index contributed by atoms with van der Waals surface area (Å²) in [6.45, 7) is 7.49. The molecule has 2 aliphatic heterocycles. The standard InChI is InChI=1S/C26H39N5O4/c1-19-8-4-5-14-31(19)15-7-12-27-26(32)21-9-6-13-30(17-21)18-24-28-25(29-35-24)20-10-11-22(33-2)23(16-20)34-3/h10-11,16,19,21H,4-9,12-15,17-18H2,1-3H3,(H,27,32)/t19-,21-/m0/s1. The first-order chi connectivity index (χ1) is 17.1. The molecule has 1 aromatic carbocycles. The van der Waals surface area contributed by atoms with Crippen molar-refractivity contribution in [2.45, 2.75) is 58.0 Å². The molecule has 0 bridgehead atoms. The minimum Gasteiger partial charge on any atom is -0.493 e. The molecule has 0 aliphatic carbocycles. The molecule has 2 aromatic rings. The van der Waals surface area contributed by atoms with Crippen LogP contribution in [-0.4, -0.2) is 78.8 Å². The van der Waals surface area contributed by atoms with Crippen molar-refractivity contribution in [3.63, 3.8) is 0 Å². The number of aromatic nitrogens is 2. The third-order valence-corrected chi connectivity index (χ3v) is 7.21. The van der Waals surface area contributed by atoms with Gasteiger partial charge < -0.3 is 24.2 Å². The number of amides is 1. The summed E-state index contributed by atoms with van der Waals surface area (Å²) in [7, 11) is 3.20. The second-order valence-electron chi connectivity index (χ2n) is 9.68. The Hall–Kier alpha value is -2.65. The lowest BCUT2D eigenvalue weighted by atomic mass is 9.97. The van der Waals surface area contributed by atoms with Crippen LogP contribution in [0.15, 0.2) is 22.7 Å². The molecule has 1 N–H and O–H groups in total. The molecular weight excluding hydrogens is 446 g/mol. The van der Waals surface area contributed by atoms with E-state index in [1.165, 1.54) is 25.8 Å². The van der Waals surface area contributed by atoms with Gasteiger partial charge in [-0.1, -0.05) is 11.6 Å². The Labute approximate surface area is 208 Å². The highest BCUT2D eigenvalue weighted by Crippen LogP contribution is 2.31. The highest BCUT2D eigenvalue weighted by Gasteiger charge is 2.27. The minimum atomic E-state index is 0.00546. The molecule has 0 saturated carbocycles. The van der Waals surface area contributed by atoms with E-state index in [0.29, 0.717) is 42.3 Å². The maximum Gasteiger partial charge on any atom is 0.241 e. The van der Waals surface area contributed by atoms with Gasteiger partial charge in [-0.15, -0.1) is 0 Å². The first-order valence-corrected chi connectivity index (χ1v) is 12.9. The summed E-state index contributed by atoms with van der Waals surface area (Å²) in [5, 5.41) is 7.31. The van der Waals surface area contributed by atoms with Gasteiger partial charge in [0.1, 0.15) is 0 Å². The van der Waals surface area contributed by atoms with Crippen molar-refractivity contribution < 1.29 is 18.8 Å². The Morgan fingerprint density at radius 2 is 2.00 bits per heavy atom.